The molecule has 0 saturated carbocycles. The van der Waals surface area contributed by atoms with Crippen molar-refractivity contribution in [3.63, 3.8) is 0 Å². The maximum absolute atomic E-state index is 12.8. The Kier molecular flexibility index (Phi) is 8.14. The SMILES string of the molecule is CC(C)C(CNCC(F)(F)C(F)F)CNC(=O)OC(C)(C)C. The number of alkyl halides is 4. The third-order valence-electron chi connectivity index (χ3n) is 2.94. The largest absolute Gasteiger partial charge is 0.444 e. The van der Waals surface area contributed by atoms with Gasteiger partial charge in [0.25, 0.3) is 0 Å². The highest BCUT2D eigenvalue weighted by molar-refractivity contribution is 5.67. The van der Waals surface area contributed by atoms with E-state index >= 15 is 0 Å². The Morgan fingerprint density at radius 2 is 1.68 bits per heavy atom. The fourth-order valence-electron chi connectivity index (χ4n) is 1.57. The Hall–Kier alpha value is -1.05. The van der Waals surface area contributed by atoms with Gasteiger partial charge in [0.1, 0.15) is 5.60 Å². The summed E-state index contributed by atoms with van der Waals surface area (Å²) in [6, 6.07) is 0. The molecule has 0 rings (SSSR count). The van der Waals surface area contributed by atoms with E-state index in [-0.39, 0.29) is 24.9 Å². The first kappa shape index (κ1) is 20.9. The van der Waals surface area contributed by atoms with Crippen LogP contribution in [0.5, 0.6) is 0 Å². The number of hydrogen-bond acceptors (Lipinski definition) is 3. The Labute approximate surface area is 129 Å². The lowest BCUT2D eigenvalue weighted by atomic mass is 9.95. The van der Waals surface area contributed by atoms with E-state index in [4.69, 9.17) is 4.74 Å². The number of alkyl carbamates (subject to hydrolysis) is 1. The number of carbonyl (C=O) groups excluding carboxylic acids is 1. The van der Waals surface area contributed by atoms with Gasteiger partial charge in [-0.1, -0.05) is 13.8 Å². The van der Waals surface area contributed by atoms with Crippen molar-refractivity contribution in [3.8, 4) is 0 Å². The van der Waals surface area contributed by atoms with Crippen LogP contribution < -0.4 is 10.6 Å². The van der Waals surface area contributed by atoms with Crippen LogP contribution in [0.1, 0.15) is 34.6 Å². The first-order chi connectivity index (χ1) is 9.85. The van der Waals surface area contributed by atoms with E-state index in [1.165, 1.54) is 0 Å². The third kappa shape index (κ3) is 9.07. The van der Waals surface area contributed by atoms with Crippen molar-refractivity contribution in [1.29, 1.82) is 0 Å². The van der Waals surface area contributed by atoms with E-state index in [0.717, 1.165) is 0 Å². The fraction of sp³-hybridized carbons (Fsp3) is 0.929. The molecule has 0 heterocycles. The highest BCUT2D eigenvalue weighted by atomic mass is 19.3. The predicted molar refractivity (Wildman–Crippen MR) is 76.4 cm³/mol. The summed E-state index contributed by atoms with van der Waals surface area (Å²) in [5, 5.41) is 4.89. The summed E-state index contributed by atoms with van der Waals surface area (Å²) in [7, 11) is 0. The minimum Gasteiger partial charge on any atom is -0.444 e. The van der Waals surface area contributed by atoms with Crippen molar-refractivity contribution in [2.45, 2.75) is 52.6 Å². The number of halogens is 4. The van der Waals surface area contributed by atoms with Gasteiger partial charge in [-0.3, -0.25) is 0 Å². The lowest BCUT2D eigenvalue weighted by molar-refractivity contribution is -0.125. The van der Waals surface area contributed by atoms with Gasteiger partial charge in [0.05, 0.1) is 6.54 Å². The first-order valence-corrected chi connectivity index (χ1v) is 7.18. The van der Waals surface area contributed by atoms with Crippen LogP contribution in [-0.2, 0) is 4.74 Å². The molecule has 132 valence electrons. The van der Waals surface area contributed by atoms with Gasteiger partial charge in [0.2, 0.25) is 0 Å². The van der Waals surface area contributed by atoms with Crippen LogP contribution in [0.25, 0.3) is 0 Å². The molecule has 22 heavy (non-hydrogen) atoms. The summed E-state index contributed by atoms with van der Waals surface area (Å²) >= 11 is 0. The Morgan fingerprint density at radius 1 is 1.14 bits per heavy atom. The topological polar surface area (TPSA) is 50.4 Å². The van der Waals surface area contributed by atoms with E-state index in [0.29, 0.717) is 0 Å². The quantitative estimate of drug-likeness (QED) is 0.672. The van der Waals surface area contributed by atoms with Gasteiger partial charge < -0.3 is 15.4 Å². The van der Waals surface area contributed by atoms with Gasteiger partial charge in [-0.25, -0.2) is 13.6 Å². The monoisotopic (exact) mass is 330 g/mol. The molecule has 0 aromatic carbocycles. The van der Waals surface area contributed by atoms with E-state index < -0.39 is 30.6 Å². The Balaban J connectivity index is 4.26. The van der Waals surface area contributed by atoms with Crippen LogP contribution in [0.3, 0.4) is 0 Å². The molecule has 8 heteroatoms. The van der Waals surface area contributed by atoms with E-state index in [1.807, 2.05) is 13.8 Å². The lowest BCUT2D eigenvalue weighted by Crippen LogP contribution is -2.44. The summed E-state index contributed by atoms with van der Waals surface area (Å²) in [4.78, 5) is 11.5. The van der Waals surface area contributed by atoms with E-state index in [1.54, 1.807) is 20.8 Å². The third-order valence-corrected chi connectivity index (χ3v) is 2.94. The zero-order valence-electron chi connectivity index (χ0n) is 13.7. The van der Waals surface area contributed by atoms with Gasteiger partial charge in [-0.15, -0.1) is 0 Å². The second-order valence-corrected chi connectivity index (χ2v) is 6.58. The Bertz CT molecular complexity index is 344. The maximum atomic E-state index is 12.8. The van der Waals surface area contributed by atoms with Crippen molar-refractivity contribution < 1.29 is 27.1 Å². The van der Waals surface area contributed by atoms with Gasteiger partial charge in [0.15, 0.2) is 0 Å². The molecule has 0 aliphatic carbocycles. The molecule has 0 saturated heterocycles. The number of carbonyl (C=O) groups is 1. The lowest BCUT2D eigenvalue weighted by Gasteiger charge is -2.25. The molecular formula is C14H26F4N2O2. The molecule has 4 nitrogen and oxygen atoms in total. The van der Waals surface area contributed by atoms with Gasteiger partial charge in [0, 0.05) is 13.1 Å². The summed E-state index contributed by atoms with van der Waals surface area (Å²) in [6.07, 6.45) is -4.30. The smallest absolute Gasteiger partial charge is 0.407 e. The minimum atomic E-state index is -4.06. The van der Waals surface area contributed by atoms with Crippen molar-refractivity contribution >= 4 is 6.09 Å². The van der Waals surface area contributed by atoms with Gasteiger partial charge in [-0.2, -0.15) is 8.78 Å². The zero-order valence-corrected chi connectivity index (χ0v) is 13.7. The standard InChI is InChI=1S/C14H26F4N2O2/c1-9(2)10(6-19-8-14(17,18)11(15)16)7-20-12(21)22-13(3,4)5/h9-11,19H,6-8H2,1-5H3,(H,20,21). The molecule has 0 spiro atoms. The van der Waals surface area contributed by atoms with Crippen LogP contribution in [0, 0.1) is 11.8 Å². The van der Waals surface area contributed by atoms with Gasteiger partial charge >= 0.3 is 18.4 Å². The van der Waals surface area contributed by atoms with Crippen LogP contribution in [0.15, 0.2) is 0 Å². The average molecular weight is 330 g/mol. The van der Waals surface area contributed by atoms with E-state index in [2.05, 4.69) is 10.6 Å². The molecule has 0 aromatic heterocycles. The molecule has 0 aliphatic heterocycles. The highest BCUT2D eigenvalue weighted by Gasteiger charge is 2.40. The maximum Gasteiger partial charge on any atom is 0.407 e. The van der Waals surface area contributed by atoms with Gasteiger partial charge in [-0.05, 0) is 32.6 Å². The van der Waals surface area contributed by atoms with Crippen LogP contribution in [-0.4, -0.2) is 43.7 Å². The summed E-state index contributed by atoms with van der Waals surface area (Å²) < 4.78 is 54.7. The molecule has 0 aromatic rings. The molecular weight excluding hydrogens is 304 g/mol. The molecule has 1 unspecified atom stereocenters. The Morgan fingerprint density at radius 3 is 2.09 bits per heavy atom. The molecule has 0 bridgehead atoms. The van der Waals surface area contributed by atoms with Crippen molar-refractivity contribution in [2.24, 2.45) is 11.8 Å². The van der Waals surface area contributed by atoms with Crippen LogP contribution in [0.2, 0.25) is 0 Å². The fourth-order valence-corrected chi connectivity index (χ4v) is 1.57. The van der Waals surface area contributed by atoms with Crippen LogP contribution >= 0.6 is 0 Å². The molecule has 0 aliphatic rings. The number of nitrogens with one attached hydrogen (secondary N) is 2. The zero-order chi connectivity index (χ0) is 17.6. The first-order valence-electron chi connectivity index (χ1n) is 7.18. The van der Waals surface area contributed by atoms with Crippen molar-refractivity contribution in [3.05, 3.63) is 0 Å². The average Bonchev–Trinajstić information content (AvgIpc) is 2.30. The van der Waals surface area contributed by atoms with Crippen LogP contribution in [0.4, 0.5) is 22.4 Å². The van der Waals surface area contributed by atoms with Crippen molar-refractivity contribution in [1.82, 2.24) is 10.6 Å². The van der Waals surface area contributed by atoms with E-state index in [9.17, 15) is 22.4 Å². The summed E-state index contributed by atoms with van der Waals surface area (Å²) in [5.74, 6) is -4.16. The number of hydrogen-bond donors (Lipinski definition) is 2. The number of amides is 1. The molecule has 1 amide bonds. The minimum absolute atomic E-state index is 0.0719. The number of ether oxygens (including phenoxy) is 1. The predicted octanol–water partition coefficient (Wildman–Crippen LogP) is 3.27. The summed E-state index contributed by atoms with van der Waals surface area (Å²) in [6.45, 7) is 8.08. The van der Waals surface area contributed by atoms with Crippen molar-refractivity contribution in [2.75, 3.05) is 19.6 Å². The summed E-state index contributed by atoms with van der Waals surface area (Å²) in [5.41, 5.74) is -0.630. The second kappa shape index (κ2) is 8.55. The second-order valence-electron chi connectivity index (χ2n) is 6.58. The highest BCUT2D eigenvalue weighted by Crippen LogP contribution is 2.21. The number of rotatable bonds is 8. The molecule has 2 N–H and O–H groups in total. The molecule has 0 radical (unpaired) electrons. The molecule has 1 atom stereocenters. The normalized spacial score (nSPS) is 14.3. The molecule has 0 fully saturated rings.